The molecule has 8 nitrogen and oxygen atoms in total. The number of hydrogen-bond donors (Lipinski definition) is 1. The fraction of sp³-hybridized carbons (Fsp3) is 0.321. The van der Waals surface area contributed by atoms with Crippen LogP contribution >= 0.6 is 11.6 Å². The summed E-state index contributed by atoms with van der Waals surface area (Å²) in [4.78, 5) is 30.9. The molecule has 0 saturated carbocycles. The van der Waals surface area contributed by atoms with Crippen molar-refractivity contribution in [1.82, 2.24) is 4.90 Å². The number of benzene rings is 3. The van der Waals surface area contributed by atoms with E-state index in [4.69, 9.17) is 11.6 Å². The van der Waals surface area contributed by atoms with Crippen LogP contribution in [0.2, 0.25) is 5.02 Å². The monoisotopic (exact) mass is 519 g/mol. The van der Waals surface area contributed by atoms with Gasteiger partial charge < -0.3 is 15.1 Å². The van der Waals surface area contributed by atoms with Crippen LogP contribution in [0, 0.1) is 10.1 Å². The lowest BCUT2D eigenvalue weighted by Gasteiger charge is -2.36. The van der Waals surface area contributed by atoms with Gasteiger partial charge in [-0.15, -0.1) is 0 Å². The zero-order valence-electron chi connectivity index (χ0n) is 20.6. The molecule has 0 bridgehead atoms. The van der Waals surface area contributed by atoms with Crippen LogP contribution in [0.25, 0.3) is 0 Å². The molecule has 0 radical (unpaired) electrons. The highest BCUT2D eigenvalue weighted by Crippen LogP contribution is 2.29. The Balaban J connectivity index is 1.22. The predicted molar refractivity (Wildman–Crippen MR) is 148 cm³/mol. The molecule has 0 spiro atoms. The number of anilines is 3. The Kier molecular flexibility index (Phi) is 7.58. The summed E-state index contributed by atoms with van der Waals surface area (Å²) in [5, 5.41) is 15.1. The third-order valence-electron chi connectivity index (χ3n) is 7.10. The van der Waals surface area contributed by atoms with Crippen molar-refractivity contribution < 1.29 is 9.72 Å². The number of carbonyl (C=O) groups excluding carboxylic acids is 1. The molecule has 9 heteroatoms. The van der Waals surface area contributed by atoms with Crippen LogP contribution in [0.1, 0.15) is 28.8 Å². The number of amides is 1. The molecule has 2 aliphatic rings. The van der Waals surface area contributed by atoms with Crippen LogP contribution in [-0.4, -0.2) is 55.0 Å². The van der Waals surface area contributed by atoms with Crippen molar-refractivity contribution in [2.24, 2.45) is 0 Å². The lowest BCUT2D eigenvalue weighted by molar-refractivity contribution is -0.384. The molecule has 2 saturated heterocycles. The van der Waals surface area contributed by atoms with Crippen molar-refractivity contribution in [2.45, 2.75) is 19.4 Å². The molecule has 0 atom stereocenters. The molecule has 1 amide bonds. The normalized spacial score (nSPS) is 16.1. The first-order valence-corrected chi connectivity index (χ1v) is 13.0. The number of hydrogen-bond acceptors (Lipinski definition) is 6. The summed E-state index contributed by atoms with van der Waals surface area (Å²) in [5.74, 6) is -0.341. The molecule has 0 aromatic heterocycles. The zero-order valence-corrected chi connectivity index (χ0v) is 21.4. The number of rotatable bonds is 7. The molecule has 0 aliphatic carbocycles. The number of nitro benzene ring substituents is 1. The maximum atomic E-state index is 13.2. The van der Waals surface area contributed by atoms with Crippen LogP contribution in [0.15, 0.2) is 66.7 Å². The molecular formula is C28H30ClN5O3. The molecular weight excluding hydrogens is 490 g/mol. The van der Waals surface area contributed by atoms with Crippen LogP contribution in [0.5, 0.6) is 0 Å². The van der Waals surface area contributed by atoms with E-state index in [9.17, 15) is 14.9 Å². The highest BCUT2D eigenvalue weighted by Gasteiger charge is 2.23. The maximum absolute atomic E-state index is 13.2. The summed E-state index contributed by atoms with van der Waals surface area (Å²) in [6.07, 6.45) is 2.10. The van der Waals surface area contributed by atoms with Gasteiger partial charge in [-0.05, 0) is 54.8 Å². The van der Waals surface area contributed by atoms with Crippen LogP contribution in [0.4, 0.5) is 22.7 Å². The number of nitro groups is 1. The fourth-order valence-corrected chi connectivity index (χ4v) is 5.23. The summed E-state index contributed by atoms with van der Waals surface area (Å²) in [6.45, 7) is 6.23. The molecule has 1 N–H and O–H groups in total. The Morgan fingerprint density at radius 3 is 2.27 bits per heavy atom. The third-order valence-corrected chi connectivity index (χ3v) is 7.47. The number of piperazine rings is 1. The lowest BCUT2D eigenvalue weighted by atomic mass is 10.1. The van der Waals surface area contributed by atoms with Crippen LogP contribution < -0.4 is 15.1 Å². The maximum Gasteiger partial charge on any atom is 0.270 e. The standard InChI is InChI=1S/C28H30ClN5O3/c29-26-6-2-1-5-21(26)20-31-15-17-32(18-16-31)23-9-7-22(8-10-23)30-28(35)25-19-24(34(36)37)11-12-27(25)33-13-3-4-14-33/h1-2,5-12,19H,3-4,13-18,20H2,(H,30,35). The minimum atomic E-state index is -0.465. The van der Waals surface area contributed by atoms with Gasteiger partial charge in [-0.3, -0.25) is 19.8 Å². The van der Waals surface area contributed by atoms with E-state index in [2.05, 4.69) is 26.1 Å². The van der Waals surface area contributed by atoms with Crippen molar-refractivity contribution in [3.8, 4) is 0 Å². The average molecular weight is 520 g/mol. The molecule has 3 aromatic carbocycles. The van der Waals surface area contributed by atoms with Gasteiger partial charge in [-0.25, -0.2) is 0 Å². The fourth-order valence-electron chi connectivity index (χ4n) is 5.04. The van der Waals surface area contributed by atoms with E-state index in [1.54, 1.807) is 6.07 Å². The SMILES string of the molecule is O=C(Nc1ccc(N2CCN(Cc3ccccc3Cl)CC2)cc1)c1cc([N+](=O)[O-])ccc1N1CCCC1. The van der Waals surface area contributed by atoms with Gasteiger partial charge in [0.25, 0.3) is 11.6 Å². The number of halogens is 1. The molecule has 2 aliphatic heterocycles. The van der Waals surface area contributed by atoms with Gasteiger partial charge in [0.05, 0.1) is 16.2 Å². The summed E-state index contributed by atoms with van der Waals surface area (Å²) in [5.41, 5.74) is 3.89. The van der Waals surface area contributed by atoms with Gasteiger partial charge in [-0.2, -0.15) is 0 Å². The number of nitrogens with one attached hydrogen (secondary N) is 1. The summed E-state index contributed by atoms with van der Waals surface area (Å²) >= 11 is 6.32. The quantitative estimate of drug-likeness (QED) is 0.331. The second kappa shape index (κ2) is 11.2. The number of nitrogens with zero attached hydrogens (tertiary/aromatic N) is 4. The smallest absolute Gasteiger partial charge is 0.270 e. The molecule has 0 unspecified atom stereocenters. The molecule has 37 heavy (non-hydrogen) atoms. The van der Waals surface area contributed by atoms with Crippen molar-refractivity contribution in [3.05, 3.63) is 93.0 Å². The molecule has 192 valence electrons. The van der Waals surface area contributed by atoms with Crippen molar-refractivity contribution in [1.29, 1.82) is 0 Å². The first kappa shape index (κ1) is 25.0. The molecule has 5 rings (SSSR count). The third kappa shape index (κ3) is 5.87. The first-order valence-electron chi connectivity index (χ1n) is 12.6. The summed E-state index contributed by atoms with van der Waals surface area (Å²) in [6, 6.07) is 20.3. The lowest BCUT2D eigenvalue weighted by Crippen LogP contribution is -2.46. The van der Waals surface area contributed by atoms with Gasteiger partial charge in [0, 0.05) is 74.3 Å². The van der Waals surface area contributed by atoms with Crippen LogP contribution in [0.3, 0.4) is 0 Å². The Bertz CT molecular complexity index is 1270. The van der Waals surface area contributed by atoms with Gasteiger partial charge in [0.1, 0.15) is 0 Å². The molecule has 2 heterocycles. The van der Waals surface area contributed by atoms with E-state index in [-0.39, 0.29) is 11.6 Å². The first-order chi connectivity index (χ1) is 18.0. The van der Waals surface area contributed by atoms with Crippen LogP contribution in [-0.2, 0) is 6.54 Å². The summed E-state index contributed by atoms with van der Waals surface area (Å²) < 4.78 is 0. The summed E-state index contributed by atoms with van der Waals surface area (Å²) in [7, 11) is 0. The van der Waals surface area contributed by atoms with E-state index in [0.29, 0.717) is 11.3 Å². The minimum Gasteiger partial charge on any atom is -0.371 e. The number of carbonyl (C=O) groups is 1. The minimum absolute atomic E-state index is 0.0860. The van der Waals surface area contributed by atoms with Gasteiger partial charge in [0.15, 0.2) is 0 Å². The molecule has 2 fully saturated rings. The van der Waals surface area contributed by atoms with E-state index < -0.39 is 4.92 Å². The van der Waals surface area contributed by atoms with E-state index in [1.807, 2.05) is 42.5 Å². The topological polar surface area (TPSA) is 82.0 Å². The zero-order chi connectivity index (χ0) is 25.8. The average Bonchev–Trinajstić information content (AvgIpc) is 3.45. The second-order valence-corrected chi connectivity index (χ2v) is 9.92. The highest BCUT2D eigenvalue weighted by molar-refractivity contribution is 6.31. The highest BCUT2D eigenvalue weighted by atomic mass is 35.5. The largest absolute Gasteiger partial charge is 0.371 e. The van der Waals surface area contributed by atoms with Gasteiger partial charge in [0.2, 0.25) is 0 Å². The van der Waals surface area contributed by atoms with Gasteiger partial charge >= 0.3 is 0 Å². The predicted octanol–water partition coefficient (Wildman–Crippen LogP) is 5.42. The Morgan fingerprint density at radius 2 is 1.59 bits per heavy atom. The van der Waals surface area contributed by atoms with Crippen molar-refractivity contribution >= 4 is 40.3 Å². The Labute approximate surface area is 221 Å². The van der Waals surface area contributed by atoms with Gasteiger partial charge in [-0.1, -0.05) is 29.8 Å². The Hall–Kier alpha value is -3.62. The van der Waals surface area contributed by atoms with E-state index in [1.165, 1.54) is 12.1 Å². The number of non-ortho nitro benzene ring substituents is 1. The van der Waals surface area contributed by atoms with E-state index >= 15 is 0 Å². The van der Waals surface area contributed by atoms with E-state index in [0.717, 1.165) is 80.6 Å². The molecule has 3 aromatic rings. The van der Waals surface area contributed by atoms with Crippen molar-refractivity contribution in [2.75, 3.05) is 54.4 Å². The van der Waals surface area contributed by atoms with Crippen molar-refractivity contribution in [3.63, 3.8) is 0 Å². The Morgan fingerprint density at radius 1 is 0.892 bits per heavy atom. The second-order valence-electron chi connectivity index (χ2n) is 9.51.